The molecule has 0 aromatic heterocycles. The van der Waals surface area contributed by atoms with Crippen molar-refractivity contribution in [1.29, 1.82) is 0 Å². The van der Waals surface area contributed by atoms with Gasteiger partial charge in [0.25, 0.3) is 0 Å². The van der Waals surface area contributed by atoms with Crippen LogP contribution < -0.4 is 5.32 Å². The fourth-order valence-electron chi connectivity index (χ4n) is 1.96. The molecule has 0 aromatic carbocycles. The Morgan fingerprint density at radius 2 is 2.00 bits per heavy atom. The second-order valence-electron chi connectivity index (χ2n) is 4.39. The molecule has 1 aliphatic carbocycles. The van der Waals surface area contributed by atoms with Crippen LogP contribution in [0.2, 0.25) is 0 Å². The van der Waals surface area contributed by atoms with E-state index in [0.29, 0.717) is 5.25 Å². The van der Waals surface area contributed by atoms with Crippen LogP contribution in [0.25, 0.3) is 0 Å². The molecule has 0 bridgehead atoms. The molecule has 0 radical (unpaired) electrons. The summed E-state index contributed by atoms with van der Waals surface area (Å²) in [5, 5.41) is 3.91. The van der Waals surface area contributed by atoms with Crippen molar-refractivity contribution in [2.24, 2.45) is 0 Å². The van der Waals surface area contributed by atoms with Crippen molar-refractivity contribution >= 4 is 10.8 Å². The molecule has 0 saturated heterocycles. The molecule has 1 saturated carbocycles. The number of nitrogens with one attached hydrogen (secondary N) is 1. The third kappa shape index (κ3) is 4.56. The van der Waals surface area contributed by atoms with E-state index in [-0.39, 0.29) is 0 Å². The lowest BCUT2D eigenvalue weighted by molar-refractivity contribution is 0.372. The van der Waals surface area contributed by atoms with E-state index < -0.39 is 10.8 Å². The van der Waals surface area contributed by atoms with Gasteiger partial charge in [-0.3, -0.25) is 4.21 Å². The molecule has 2 nitrogen and oxygen atoms in total. The number of rotatable bonds is 5. The van der Waals surface area contributed by atoms with Crippen LogP contribution in [0.3, 0.4) is 0 Å². The van der Waals surface area contributed by atoms with E-state index in [4.69, 9.17) is 0 Å². The Labute approximate surface area is 90.3 Å². The molecular formula is C11H23NOS. The van der Waals surface area contributed by atoms with Gasteiger partial charge in [0.15, 0.2) is 0 Å². The Morgan fingerprint density at radius 3 is 2.57 bits per heavy atom. The van der Waals surface area contributed by atoms with Crippen molar-refractivity contribution in [3.8, 4) is 0 Å². The molecule has 2 atom stereocenters. The first kappa shape index (κ1) is 12.2. The van der Waals surface area contributed by atoms with Gasteiger partial charge in [-0.1, -0.05) is 26.2 Å². The molecule has 1 fully saturated rings. The highest BCUT2D eigenvalue weighted by atomic mass is 32.2. The minimum atomic E-state index is -0.657. The lowest BCUT2D eigenvalue weighted by Gasteiger charge is -2.23. The normalized spacial score (nSPS) is 23.3. The molecule has 0 heterocycles. The van der Waals surface area contributed by atoms with Crippen LogP contribution in [-0.2, 0) is 10.8 Å². The van der Waals surface area contributed by atoms with Gasteiger partial charge in [-0.25, -0.2) is 0 Å². The lowest BCUT2D eigenvalue weighted by Crippen LogP contribution is -2.33. The van der Waals surface area contributed by atoms with E-state index in [1.54, 1.807) is 6.26 Å². The van der Waals surface area contributed by atoms with Crippen LogP contribution in [0.4, 0.5) is 0 Å². The molecule has 1 aliphatic rings. The van der Waals surface area contributed by atoms with Gasteiger partial charge in [0, 0.05) is 28.3 Å². The van der Waals surface area contributed by atoms with E-state index in [0.717, 1.165) is 19.0 Å². The SMILES string of the molecule is CC(CCNC1CCCCC1)S(C)=O. The molecule has 1 N–H and O–H groups in total. The monoisotopic (exact) mass is 217 g/mol. The average Bonchev–Trinajstić information content (AvgIpc) is 2.19. The third-order valence-corrected chi connectivity index (χ3v) is 4.52. The second kappa shape index (κ2) is 6.57. The van der Waals surface area contributed by atoms with Gasteiger partial charge in [-0.2, -0.15) is 0 Å². The zero-order chi connectivity index (χ0) is 10.4. The average molecular weight is 217 g/mol. The van der Waals surface area contributed by atoms with Crippen LogP contribution in [0, 0.1) is 0 Å². The summed E-state index contributed by atoms with van der Waals surface area (Å²) in [6.07, 6.45) is 9.69. The highest BCUT2D eigenvalue weighted by Gasteiger charge is 2.13. The van der Waals surface area contributed by atoms with Crippen LogP contribution >= 0.6 is 0 Å². The summed E-state index contributed by atoms with van der Waals surface area (Å²) >= 11 is 0. The smallest absolute Gasteiger partial charge is 0.0329 e. The van der Waals surface area contributed by atoms with Crippen molar-refractivity contribution < 1.29 is 4.21 Å². The second-order valence-corrected chi connectivity index (χ2v) is 6.19. The van der Waals surface area contributed by atoms with E-state index >= 15 is 0 Å². The molecule has 1 rings (SSSR count). The summed E-state index contributed by atoms with van der Waals surface area (Å²) in [5.74, 6) is 0. The summed E-state index contributed by atoms with van der Waals surface area (Å²) in [5.41, 5.74) is 0. The van der Waals surface area contributed by atoms with Gasteiger partial charge in [0.05, 0.1) is 0 Å². The first-order valence-electron chi connectivity index (χ1n) is 5.75. The van der Waals surface area contributed by atoms with E-state index in [1.165, 1.54) is 32.1 Å². The largest absolute Gasteiger partial charge is 0.314 e. The maximum Gasteiger partial charge on any atom is 0.0329 e. The summed E-state index contributed by atoms with van der Waals surface area (Å²) in [6.45, 7) is 3.10. The lowest BCUT2D eigenvalue weighted by atomic mass is 9.95. The predicted octanol–water partition coefficient (Wildman–Crippen LogP) is 2.07. The molecule has 2 unspecified atom stereocenters. The maximum atomic E-state index is 11.1. The first-order valence-corrected chi connectivity index (χ1v) is 7.38. The Kier molecular flexibility index (Phi) is 5.71. The minimum Gasteiger partial charge on any atom is -0.314 e. The van der Waals surface area contributed by atoms with Gasteiger partial charge < -0.3 is 5.32 Å². The Balaban J connectivity index is 2.05. The third-order valence-electron chi connectivity index (χ3n) is 3.16. The van der Waals surface area contributed by atoms with E-state index in [1.807, 2.05) is 0 Å². The summed E-state index contributed by atoms with van der Waals surface area (Å²) in [4.78, 5) is 0. The number of hydrogen-bond donors (Lipinski definition) is 1. The van der Waals surface area contributed by atoms with Crippen molar-refractivity contribution in [1.82, 2.24) is 5.32 Å². The topological polar surface area (TPSA) is 29.1 Å². The van der Waals surface area contributed by atoms with Gasteiger partial charge in [-0.15, -0.1) is 0 Å². The quantitative estimate of drug-likeness (QED) is 0.764. The zero-order valence-corrected chi connectivity index (χ0v) is 10.2. The standard InChI is InChI=1S/C11H23NOS/c1-10(14(2)13)8-9-12-11-6-4-3-5-7-11/h10-12H,3-9H2,1-2H3. The highest BCUT2D eigenvalue weighted by molar-refractivity contribution is 7.84. The van der Waals surface area contributed by atoms with E-state index in [2.05, 4.69) is 12.2 Å². The van der Waals surface area contributed by atoms with Gasteiger partial charge in [0.1, 0.15) is 0 Å². The highest BCUT2D eigenvalue weighted by Crippen LogP contribution is 2.17. The van der Waals surface area contributed by atoms with E-state index in [9.17, 15) is 4.21 Å². The molecule has 0 spiro atoms. The van der Waals surface area contributed by atoms with Gasteiger partial charge in [0.2, 0.25) is 0 Å². The Bertz CT molecular complexity index is 178. The molecular weight excluding hydrogens is 194 g/mol. The first-order chi connectivity index (χ1) is 6.70. The van der Waals surface area contributed by atoms with Crippen molar-refractivity contribution in [2.75, 3.05) is 12.8 Å². The molecule has 0 aliphatic heterocycles. The molecule has 14 heavy (non-hydrogen) atoms. The minimum absolute atomic E-state index is 0.339. The predicted molar refractivity (Wildman–Crippen MR) is 63.0 cm³/mol. The Morgan fingerprint density at radius 1 is 1.36 bits per heavy atom. The van der Waals surface area contributed by atoms with Crippen LogP contribution in [-0.4, -0.2) is 28.3 Å². The molecule has 3 heteroatoms. The van der Waals surface area contributed by atoms with Crippen molar-refractivity contribution in [3.05, 3.63) is 0 Å². The molecule has 0 amide bonds. The fraction of sp³-hybridized carbons (Fsp3) is 1.00. The van der Waals surface area contributed by atoms with Crippen molar-refractivity contribution in [3.63, 3.8) is 0 Å². The molecule has 84 valence electrons. The molecule has 0 aromatic rings. The number of hydrogen-bond acceptors (Lipinski definition) is 2. The fourth-order valence-corrected chi connectivity index (χ4v) is 2.41. The van der Waals surface area contributed by atoms with Crippen molar-refractivity contribution in [2.45, 2.75) is 56.7 Å². The zero-order valence-electron chi connectivity index (χ0n) is 9.42. The van der Waals surface area contributed by atoms with Crippen LogP contribution in [0.15, 0.2) is 0 Å². The summed E-state index contributed by atoms with van der Waals surface area (Å²) in [6, 6.07) is 0.737. The van der Waals surface area contributed by atoms with Crippen LogP contribution in [0.1, 0.15) is 45.4 Å². The van der Waals surface area contributed by atoms with Gasteiger partial charge >= 0.3 is 0 Å². The Hall–Kier alpha value is 0.110. The maximum absolute atomic E-state index is 11.1. The van der Waals surface area contributed by atoms with Gasteiger partial charge in [-0.05, 0) is 25.8 Å². The summed E-state index contributed by atoms with van der Waals surface area (Å²) in [7, 11) is -0.657. The summed E-state index contributed by atoms with van der Waals surface area (Å²) < 4.78 is 11.1. The van der Waals surface area contributed by atoms with Crippen LogP contribution in [0.5, 0.6) is 0 Å².